The van der Waals surface area contributed by atoms with Crippen molar-refractivity contribution in [1.82, 2.24) is 29.7 Å². The molecule has 4 aliphatic heterocycles. The quantitative estimate of drug-likeness (QED) is 0.00331. The highest BCUT2D eigenvalue weighted by atomic mass is 33.1. The number of nitrogens with two attached hydrogens (primary N) is 1. The summed E-state index contributed by atoms with van der Waals surface area (Å²) in [5.41, 5.74) is 8.51. The number of phosphoric acid groups is 4. The fourth-order valence-corrected chi connectivity index (χ4v) is 18.5. The van der Waals surface area contributed by atoms with Crippen LogP contribution in [0.1, 0.15) is 109 Å². The summed E-state index contributed by atoms with van der Waals surface area (Å²) < 4.78 is 122. The van der Waals surface area contributed by atoms with E-state index < -0.39 is 138 Å². The smallest absolute Gasteiger partial charge is 0.490 e. The average Bonchev–Trinajstić information content (AvgIpc) is 1.59. The van der Waals surface area contributed by atoms with Crippen LogP contribution in [-0.4, -0.2) is 181 Å². The molecule has 8 rings (SSSR count). The van der Waals surface area contributed by atoms with Crippen molar-refractivity contribution in [3.63, 3.8) is 0 Å². The largest absolute Gasteiger partial charge is 0.691 e. The van der Waals surface area contributed by atoms with E-state index in [2.05, 4.69) is 76.3 Å². The molecule has 600 valence electrons. The summed E-state index contributed by atoms with van der Waals surface area (Å²) in [5.74, 6) is -1.11. The van der Waals surface area contributed by atoms with Crippen LogP contribution in [0.25, 0.3) is 6.08 Å². The predicted molar refractivity (Wildman–Crippen MR) is 391 cm³/mol. The Labute approximate surface area is 635 Å². The van der Waals surface area contributed by atoms with Crippen molar-refractivity contribution in [1.29, 1.82) is 0 Å². The monoisotopic (exact) mass is 1690 g/mol. The molecule has 0 aliphatic carbocycles. The highest BCUT2D eigenvalue weighted by molar-refractivity contribution is 8.76. The van der Waals surface area contributed by atoms with Gasteiger partial charge in [-0.15, -0.1) is 0 Å². The number of fused-ring (bicyclic) bond motifs is 2. The van der Waals surface area contributed by atoms with Crippen molar-refractivity contribution in [3.8, 4) is 0 Å². The van der Waals surface area contributed by atoms with Crippen LogP contribution in [0.5, 0.6) is 0 Å². The first-order chi connectivity index (χ1) is 51.1. The Morgan fingerprint density at radius 1 is 0.817 bits per heavy atom. The molecule has 0 radical (unpaired) electrons. The first kappa shape index (κ1) is 88.4. The third-order valence-electron chi connectivity index (χ3n) is 17.1. The van der Waals surface area contributed by atoms with Gasteiger partial charge >= 0.3 is 48.8 Å². The topological polar surface area (TPSA) is 580 Å². The number of aromatic nitrogens is 4. The van der Waals surface area contributed by atoms with Gasteiger partial charge in [-0.2, -0.15) is 35.9 Å². The molecule has 4 aromatic rings. The maximum atomic E-state index is 13.9. The summed E-state index contributed by atoms with van der Waals surface area (Å²) in [6.45, 7) is 9.31. The maximum Gasteiger partial charge on any atom is 0.490 e. The molecule has 2 fully saturated rings. The second-order valence-electron chi connectivity index (χ2n) is 25.5. The zero-order chi connectivity index (χ0) is 80.0. The minimum Gasteiger partial charge on any atom is -0.691 e. The SMILES string of the molecule is CCN1/C(=C/C=C/C=C/C2=[N+](CCCCCC(=O)NC(CSSCCCOC(=O)Nc3ccn([C@H]4C[C@@H](O)[C@@H](COP(=O)(O)OP(=O)(O)OP(=O)(O)O)O4)c(=O)n3)C(=O)NC/C=C/c3cn([C@H]4C[C@@H](O)[C@@H](COP(=O)(O)O)O4)c(=O)nc3N)c3ccc(S(=O)(=O)O)cc3C2(C)C)C(C)(C)c2cc(SOO[O-])ccc21. The number of likely N-dealkylation sites (N-methyl/N-ethyl adjacent to an activating group) is 1. The molecule has 2 aromatic carbocycles. The number of rotatable bonds is 39. The molecule has 3 unspecified atom stereocenters. The average molecular weight is 1690 g/mol. The number of nitrogen functional groups attached to an aromatic ring is 1. The molecule has 2 saturated heterocycles. The van der Waals surface area contributed by atoms with Crippen LogP contribution < -0.4 is 43.2 Å². The highest BCUT2D eigenvalue weighted by Crippen LogP contribution is 2.66. The normalized spacial score (nSPS) is 21.6. The Kier molecular flexibility index (Phi) is 30.9. The molecular weight excluding hydrogens is 1600 g/mol. The third-order valence-corrected chi connectivity index (χ3v) is 25.3. The number of aliphatic hydroxyl groups is 2. The molecule has 109 heavy (non-hydrogen) atoms. The van der Waals surface area contributed by atoms with Gasteiger partial charge in [0.15, 0.2) is 5.71 Å². The number of hydrogen-bond acceptors (Lipinski definition) is 30. The van der Waals surface area contributed by atoms with Crippen molar-refractivity contribution < 1.29 is 136 Å². The van der Waals surface area contributed by atoms with Crippen LogP contribution in [0, 0.1) is 0 Å². The van der Waals surface area contributed by atoms with Gasteiger partial charge in [-0.05, 0) is 88.1 Å². The van der Waals surface area contributed by atoms with Crippen molar-refractivity contribution in [2.75, 3.05) is 66.9 Å². The molecular formula is C61H82N10O30P4S4. The van der Waals surface area contributed by atoms with Gasteiger partial charge in [0.1, 0.15) is 48.9 Å². The van der Waals surface area contributed by atoms with Gasteiger partial charge in [0.05, 0.1) is 54.4 Å². The van der Waals surface area contributed by atoms with Crippen molar-refractivity contribution in [2.45, 2.75) is 143 Å². The van der Waals surface area contributed by atoms with Crippen LogP contribution in [-0.2, 0) is 90.0 Å². The van der Waals surface area contributed by atoms with Crippen LogP contribution in [0.3, 0.4) is 0 Å². The number of nitrogens with one attached hydrogen (secondary N) is 3. The summed E-state index contributed by atoms with van der Waals surface area (Å²) in [5, 5.41) is 42.9. The Morgan fingerprint density at radius 3 is 2.17 bits per heavy atom. The van der Waals surface area contributed by atoms with Crippen LogP contribution in [0.15, 0.2) is 116 Å². The van der Waals surface area contributed by atoms with E-state index in [1.807, 2.05) is 69.4 Å². The molecule has 4 aliphatic rings. The summed E-state index contributed by atoms with van der Waals surface area (Å²) in [4.78, 5) is 131. The number of phosphoric ester groups is 2. The lowest BCUT2D eigenvalue weighted by atomic mass is 9.81. The third kappa shape index (κ3) is 24.9. The first-order valence-corrected chi connectivity index (χ1v) is 43.7. The number of aliphatic hydroxyl groups excluding tert-OH is 2. The molecule has 14 N–H and O–H groups in total. The molecule has 40 nitrogen and oxygen atoms in total. The fraction of sp³-hybridized carbons (Fsp3) is 0.475. The summed E-state index contributed by atoms with van der Waals surface area (Å²) in [7, 11) is -24.0. The highest BCUT2D eigenvalue weighted by Gasteiger charge is 2.47. The fourth-order valence-electron chi connectivity index (χ4n) is 12.0. The summed E-state index contributed by atoms with van der Waals surface area (Å²) in [6.07, 6.45) is 7.50. The number of unbranched alkanes of at least 4 members (excludes halogenated alkanes) is 2. The number of nitrogens with zero attached hydrogens (tertiary/aromatic N) is 6. The summed E-state index contributed by atoms with van der Waals surface area (Å²) in [6, 6.07) is 10.3. The zero-order valence-electron chi connectivity index (χ0n) is 58.7. The van der Waals surface area contributed by atoms with E-state index >= 15 is 0 Å². The van der Waals surface area contributed by atoms with E-state index in [0.717, 1.165) is 55.7 Å². The van der Waals surface area contributed by atoms with E-state index in [1.165, 1.54) is 58.1 Å². The van der Waals surface area contributed by atoms with E-state index in [-0.39, 0.29) is 66.7 Å². The lowest BCUT2D eigenvalue weighted by molar-refractivity contribution is -0.777. The lowest BCUT2D eigenvalue weighted by Crippen LogP contribution is -2.48. The maximum absolute atomic E-state index is 13.9. The van der Waals surface area contributed by atoms with Gasteiger partial charge in [-0.25, -0.2) is 32.6 Å². The number of anilines is 3. The number of amides is 3. The van der Waals surface area contributed by atoms with Crippen LogP contribution in [0.2, 0.25) is 0 Å². The summed E-state index contributed by atoms with van der Waals surface area (Å²) >= 11 is 0.814. The Morgan fingerprint density at radius 2 is 1.50 bits per heavy atom. The Bertz CT molecular complexity index is 4590. The zero-order valence-corrected chi connectivity index (χ0v) is 65.5. The van der Waals surface area contributed by atoms with Crippen LogP contribution in [0.4, 0.5) is 27.8 Å². The minimum atomic E-state index is -5.83. The van der Waals surface area contributed by atoms with Crippen molar-refractivity contribution >= 4 is 128 Å². The number of ether oxygens (including phenoxy) is 3. The Hall–Kier alpha value is -6.16. The molecule has 3 amide bonds. The second kappa shape index (κ2) is 38.1. The van der Waals surface area contributed by atoms with E-state index in [1.54, 1.807) is 6.07 Å². The van der Waals surface area contributed by atoms with Crippen molar-refractivity contribution in [3.05, 3.63) is 135 Å². The molecule has 48 heteroatoms. The van der Waals surface area contributed by atoms with Gasteiger partial charge in [-0.1, -0.05) is 65.8 Å². The predicted octanol–water partition coefficient (Wildman–Crippen LogP) is 4.69. The molecule has 2 aromatic heterocycles. The standard InChI is InChI=1S/C61H82N10O30P4S4/c1-6-68-43-21-19-38(108-99-98-79)29-40(43)60(2,3)49(68)16-9-7-10-17-50-61(4,5)41-30-39(109(90,91)92)20-22-44(41)69(50)25-12-8-11-18-52(74)64-42(56(75)63-24-13-15-37-33-71(58(77)67-55(37)62)54-32-46(73)47(97-54)34-94-102(80,81)82)36-107-106-28-14-27-93-59(78)66-51-23-26-70(57(76)65-51)53-31-45(72)48(96-53)35-95-104(86,87)101-105(88,89)100-103(83,84)85/h7,9-10,13,15-17,19-23,26,29-30,33,42,45-48,53-54,72-73H,6,8,11-12,14,18,24-25,27-28,31-32,34-36H2,1-5H3,(H12-,62,63,64,65,66,67,74,75,76,77,78,79,80,81,82,83,84,85,86,87,88,89,90,91,92)/b15-13+/t42?,45-,46-,47-,48-,53-,54-/m1/s1. The number of hydrogen-bond donors (Lipinski definition) is 13. The van der Waals surface area contributed by atoms with Gasteiger partial charge in [0.25, 0.3) is 10.1 Å². The number of carbonyl (C=O) groups excluding carboxylic acids is 3. The number of benzene rings is 2. The van der Waals surface area contributed by atoms with Crippen molar-refractivity contribution in [2.24, 2.45) is 0 Å². The van der Waals surface area contributed by atoms with Crippen LogP contribution >= 0.6 is 64.9 Å². The van der Waals surface area contributed by atoms with E-state index in [0.29, 0.717) is 48.6 Å². The minimum absolute atomic E-state index is 0.00668. The molecule has 0 bridgehead atoms. The number of carbonyl (C=O) groups is 3. The molecule has 6 heterocycles. The molecule has 0 saturated carbocycles. The van der Waals surface area contributed by atoms with Gasteiger partial charge in [0.2, 0.25) is 17.5 Å². The van der Waals surface area contributed by atoms with E-state index in [9.17, 15) is 80.5 Å². The molecule has 0 spiro atoms. The van der Waals surface area contributed by atoms with E-state index in [4.69, 9.17) is 39.5 Å². The second-order valence-corrected chi connectivity index (χ2v) is 36.0. The van der Waals surface area contributed by atoms with Gasteiger partial charge in [0, 0.05) is 108 Å². The lowest BCUT2D eigenvalue weighted by Gasteiger charge is -2.25. The van der Waals surface area contributed by atoms with Gasteiger partial charge in [-0.3, -0.25) is 42.7 Å². The first-order valence-electron chi connectivity index (χ1n) is 33.0. The number of allylic oxidation sites excluding steroid dienone is 6. The molecule has 9 atom stereocenters. The Balaban J connectivity index is 0.865. The van der Waals surface area contributed by atoms with Gasteiger partial charge < -0.3 is 80.3 Å².